The number of hydrogen-bond donors (Lipinski definition) is 2. The number of aryl methyl sites for hydroxylation is 1. The van der Waals surface area contributed by atoms with Crippen molar-refractivity contribution in [3.05, 3.63) is 35.3 Å². The Morgan fingerprint density at radius 2 is 2.06 bits per heavy atom. The van der Waals surface area contributed by atoms with Gasteiger partial charge in [-0.2, -0.15) is 0 Å². The number of nitrogens with one attached hydrogen (secondary N) is 2. The maximum atomic E-state index is 13.9. The van der Waals surface area contributed by atoms with Gasteiger partial charge in [0.05, 0.1) is 30.9 Å². The van der Waals surface area contributed by atoms with Gasteiger partial charge in [0.2, 0.25) is 11.8 Å². The number of piperidine rings is 1. The van der Waals surface area contributed by atoms with Crippen molar-refractivity contribution >= 4 is 11.6 Å². The van der Waals surface area contributed by atoms with Gasteiger partial charge in [-0.25, -0.2) is 4.98 Å². The van der Waals surface area contributed by atoms with E-state index in [9.17, 15) is 4.79 Å². The van der Waals surface area contributed by atoms with Gasteiger partial charge < -0.3 is 24.7 Å². The van der Waals surface area contributed by atoms with E-state index in [4.69, 9.17) is 14.1 Å². The van der Waals surface area contributed by atoms with E-state index < -0.39 is 0 Å². The van der Waals surface area contributed by atoms with Crippen LogP contribution in [0.2, 0.25) is 0 Å². The normalized spacial score (nSPS) is 23.4. The summed E-state index contributed by atoms with van der Waals surface area (Å²) in [6.45, 7) is 9.58. The number of carbonyl (C=O) groups excluding carboxylic acids is 1. The molecule has 33 heavy (non-hydrogen) atoms. The van der Waals surface area contributed by atoms with Crippen molar-refractivity contribution in [2.75, 3.05) is 38.2 Å². The fourth-order valence-corrected chi connectivity index (χ4v) is 4.69. The molecule has 9 nitrogen and oxygen atoms in total. The first-order chi connectivity index (χ1) is 16.0. The summed E-state index contributed by atoms with van der Waals surface area (Å²) in [7, 11) is 0. The van der Waals surface area contributed by atoms with Gasteiger partial charge in [-0.15, -0.1) is 10.2 Å². The van der Waals surface area contributed by atoms with Crippen LogP contribution in [-0.2, 0) is 4.74 Å². The molecule has 0 radical (unpaired) electrons. The third kappa shape index (κ3) is 5.04. The molecule has 2 aliphatic heterocycles. The lowest BCUT2D eigenvalue weighted by molar-refractivity contribution is 0.0210. The predicted octanol–water partition coefficient (Wildman–Crippen LogP) is 2.71. The van der Waals surface area contributed by atoms with Crippen molar-refractivity contribution in [2.45, 2.75) is 64.0 Å². The second-order valence-corrected chi connectivity index (χ2v) is 10.1. The lowest BCUT2D eigenvalue weighted by Gasteiger charge is -2.38. The Morgan fingerprint density at radius 3 is 2.70 bits per heavy atom. The van der Waals surface area contributed by atoms with Gasteiger partial charge >= 0.3 is 0 Å². The van der Waals surface area contributed by atoms with Gasteiger partial charge in [-0.3, -0.25) is 4.79 Å². The van der Waals surface area contributed by atoms with Crippen molar-refractivity contribution < 1.29 is 13.9 Å². The Bertz CT molecular complexity index is 984. The van der Waals surface area contributed by atoms with Crippen LogP contribution in [0.15, 0.2) is 16.7 Å². The first kappa shape index (κ1) is 22.3. The van der Waals surface area contributed by atoms with E-state index in [1.807, 2.05) is 11.1 Å². The number of nitrogens with zero attached hydrogens (tertiary/aromatic N) is 4. The van der Waals surface area contributed by atoms with Crippen LogP contribution in [0.1, 0.15) is 72.8 Å². The summed E-state index contributed by atoms with van der Waals surface area (Å²) in [5.41, 5.74) is 2.55. The molecule has 2 aromatic rings. The van der Waals surface area contributed by atoms with Crippen LogP contribution >= 0.6 is 0 Å². The van der Waals surface area contributed by atoms with Gasteiger partial charge in [0, 0.05) is 38.8 Å². The summed E-state index contributed by atoms with van der Waals surface area (Å²) in [6.07, 6.45) is 5.08. The van der Waals surface area contributed by atoms with E-state index in [0.29, 0.717) is 49.1 Å². The van der Waals surface area contributed by atoms with Crippen molar-refractivity contribution in [1.82, 2.24) is 25.4 Å². The lowest BCUT2D eigenvalue weighted by atomic mass is 9.93. The molecular formula is C24H34N6O3. The molecule has 0 spiro atoms. The highest BCUT2D eigenvalue weighted by Gasteiger charge is 2.35. The highest BCUT2D eigenvalue weighted by Crippen LogP contribution is 2.41. The molecule has 9 heteroatoms. The second kappa shape index (κ2) is 9.38. The predicted molar refractivity (Wildman–Crippen MR) is 123 cm³/mol. The molecule has 2 atom stereocenters. The summed E-state index contributed by atoms with van der Waals surface area (Å²) in [5, 5.41) is 15.2. The summed E-state index contributed by atoms with van der Waals surface area (Å²) in [4.78, 5) is 20.6. The molecule has 0 aromatic carbocycles. The van der Waals surface area contributed by atoms with Crippen molar-refractivity contribution in [2.24, 2.45) is 5.92 Å². The highest BCUT2D eigenvalue weighted by molar-refractivity contribution is 5.98. The molecule has 2 N–H and O–H groups in total. The summed E-state index contributed by atoms with van der Waals surface area (Å²) in [6, 6.07) is 2.39. The van der Waals surface area contributed by atoms with E-state index in [0.717, 1.165) is 25.2 Å². The first-order valence-electron chi connectivity index (χ1n) is 12.1. The molecule has 1 aliphatic carbocycles. The van der Waals surface area contributed by atoms with Gasteiger partial charge in [0.1, 0.15) is 0 Å². The standard InChI is InChI=1S/C24H34N6O3/c1-14(2)11-30(20-6-18(8-25-10-20)23-29-28-15(3)33-23)24(31)22-21(27-19-12-32-13-19)7-17(9-26-22)16-4-5-16/h7,9,14,16,18-20,25,27H,4-6,8,10-13H2,1-3H3/t18?,20-/m0/s1. The third-order valence-corrected chi connectivity index (χ3v) is 6.64. The number of hydrogen-bond acceptors (Lipinski definition) is 8. The number of amides is 1. The summed E-state index contributed by atoms with van der Waals surface area (Å²) in [5.74, 6) is 2.18. The zero-order valence-electron chi connectivity index (χ0n) is 19.7. The third-order valence-electron chi connectivity index (χ3n) is 6.64. The number of anilines is 1. The van der Waals surface area contributed by atoms with Crippen LogP contribution < -0.4 is 10.6 Å². The molecule has 0 bridgehead atoms. The minimum absolute atomic E-state index is 0.0238. The van der Waals surface area contributed by atoms with Crippen LogP contribution in [0.25, 0.3) is 0 Å². The van der Waals surface area contributed by atoms with E-state index >= 15 is 0 Å². The minimum Gasteiger partial charge on any atom is -0.425 e. The molecule has 2 saturated heterocycles. The lowest BCUT2D eigenvalue weighted by Crippen LogP contribution is -2.52. The molecule has 4 heterocycles. The molecule has 1 unspecified atom stereocenters. The summed E-state index contributed by atoms with van der Waals surface area (Å²) >= 11 is 0. The average Bonchev–Trinajstić information content (AvgIpc) is 3.54. The largest absolute Gasteiger partial charge is 0.425 e. The molecule has 2 aromatic heterocycles. The van der Waals surface area contributed by atoms with E-state index in [2.05, 4.69) is 40.7 Å². The number of ether oxygens (including phenoxy) is 1. The van der Waals surface area contributed by atoms with Gasteiger partial charge in [0.15, 0.2) is 5.69 Å². The maximum Gasteiger partial charge on any atom is 0.274 e. The quantitative estimate of drug-likeness (QED) is 0.627. The monoisotopic (exact) mass is 454 g/mol. The van der Waals surface area contributed by atoms with Crippen molar-refractivity contribution in [3.63, 3.8) is 0 Å². The van der Waals surface area contributed by atoms with Crippen molar-refractivity contribution in [1.29, 1.82) is 0 Å². The van der Waals surface area contributed by atoms with Crippen LogP contribution in [-0.4, -0.2) is 70.9 Å². The molecule has 3 aliphatic rings. The zero-order valence-corrected chi connectivity index (χ0v) is 19.7. The number of carbonyl (C=O) groups is 1. The van der Waals surface area contributed by atoms with Crippen LogP contribution in [0, 0.1) is 12.8 Å². The second-order valence-electron chi connectivity index (χ2n) is 10.1. The Balaban J connectivity index is 1.40. The summed E-state index contributed by atoms with van der Waals surface area (Å²) < 4.78 is 11.0. The van der Waals surface area contributed by atoms with Gasteiger partial charge in [0.25, 0.3) is 5.91 Å². The Hall–Kier alpha value is -2.52. The van der Waals surface area contributed by atoms with Crippen LogP contribution in [0.4, 0.5) is 5.69 Å². The number of rotatable bonds is 8. The fraction of sp³-hybridized carbons (Fsp3) is 0.667. The highest BCUT2D eigenvalue weighted by atomic mass is 16.5. The van der Waals surface area contributed by atoms with Crippen molar-refractivity contribution in [3.8, 4) is 0 Å². The SMILES string of the molecule is Cc1nnc(C2CNC[C@@H](N(CC(C)C)C(=O)c3ncc(C4CC4)cc3NC3COC3)C2)o1. The Labute approximate surface area is 194 Å². The molecule has 3 fully saturated rings. The first-order valence-corrected chi connectivity index (χ1v) is 12.1. The molecule has 1 amide bonds. The molecule has 178 valence electrons. The van der Waals surface area contributed by atoms with E-state index in [1.54, 1.807) is 6.92 Å². The Morgan fingerprint density at radius 1 is 1.24 bits per heavy atom. The number of pyridine rings is 1. The number of aromatic nitrogens is 3. The van der Waals surface area contributed by atoms with E-state index in [1.165, 1.54) is 18.4 Å². The topological polar surface area (TPSA) is 105 Å². The van der Waals surface area contributed by atoms with Crippen LogP contribution in [0.3, 0.4) is 0 Å². The average molecular weight is 455 g/mol. The smallest absolute Gasteiger partial charge is 0.274 e. The molecular weight excluding hydrogens is 420 g/mol. The molecule has 1 saturated carbocycles. The fourth-order valence-electron chi connectivity index (χ4n) is 4.69. The van der Waals surface area contributed by atoms with Gasteiger partial charge in [-0.05, 0) is 42.7 Å². The zero-order chi connectivity index (χ0) is 22.9. The van der Waals surface area contributed by atoms with Crippen LogP contribution in [0.5, 0.6) is 0 Å². The minimum atomic E-state index is -0.0250. The van der Waals surface area contributed by atoms with Gasteiger partial charge in [-0.1, -0.05) is 13.8 Å². The Kier molecular flexibility index (Phi) is 6.34. The molecule has 5 rings (SSSR count). The van der Waals surface area contributed by atoms with E-state index in [-0.39, 0.29) is 23.9 Å². The maximum absolute atomic E-state index is 13.9.